The zero-order chi connectivity index (χ0) is 18.1. The number of primary amides is 1. The van der Waals surface area contributed by atoms with E-state index in [4.69, 9.17) is 22.1 Å². The first-order valence-electron chi connectivity index (χ1n) is 8.03. The second kappa shape index (κ2) is 9.69. The zero-order valence-corrected chi connectivity index (χ0v) is 14.6. The van der Waals surface area contributed by atoms with Gasteiger partial charge in [0.15, 0.2) is 6.61 Å². The molecule has 0 saturated carbocycles. The van der Waals surface area contributed by atoms with E-state index >= 15 is 0 Å². The molecule has 0 saturated heterocycles. The number of carbonyl (C=O) groups excluding carboxylic acids is 2. The molecule has 2 amide bonds. The zero-order valence-electron chi connectivity index (χ0n) is 13.9. The molecule has 0 aliphatic heterocycles. The average molecular weight is 361 g/mol. The van der Waals surface area contributed by atoms with Crippen molar-refractivity contribution in [1.82, 2.24) is 4.90 Å². The summed E-state index contributed by atoms with van der Waals surface area (Å²) in [5.74, 6) is -0.0566. The molecule has 0 fully saturated rings. The lowest BCUT2D eigenvalue weighted by molar-refractivity contribution is -0.133. The van der Waals surface area contributed by atoms with Crippen molar-refractivity contribution >= 4 is 23.4 Å². The lowest BCUT2D eigenvalue weighted by Gasteiger charge is -2.22. The molecule has 25 heavy (non-hydrogen) atoms. The Morgan fingerprint density at radius 3 is 2.32 bits per heavy atom. The fraction of sp³-hybridized carbons (Fsp3) is 0.263. The van der Waals surface area contributed by atoms with Crippen molar-refractivity contribution in [3.63, 3.8) is 0 Å². The number of nitrogens with two attached hydrogens (primary N) is 1. The predicted molar refractivity (Wildman–Crippen MR) is 97.5 cm³/mol. The van der Waals surface area contributed by atoms with E-state index in [1.165, 1.54) is 0 Å². The number of amides is 2. The molecule has 0 aliphatic rings. The molecule has 5 nitrogen and oxygen atoms in total. The van der Waals surface area contributed by atoms with Gasteiger partial charge in [-0.2, -0.15) is 0 Å². The highest BCUT2D eigenvalue weighted by atomic mass is 35.5. The molecule has 0 bridgehead atoms. The number of hydrogen-bond donors (Lipinski definition) is 1. The van der Waals surface area contributed by atoms with Gasteiger partial charge >= 0.3 is 0 Å². The largest absolute Gasteiger partial charge is 0.484 e. The maximum atomic E-state index is 12.4. The van der Waals surface area contributed by atoms with E-state index < -0.39 is 5.91 Å². The molecule has 2 aromatic rings. The first-order chi connectivity index (χ1) is 12.0. The van der Waals surface area contributed by atoms with Crippen molar-refractivity contribution in [2.45, 2.75) is 12.8 Å². The van der Waals surface area contributed by atoms with Crippen LogP contribution in [-0.4, -0.2) is 36.4 Å². The Kier molecular flexibility index (Phi) is 7.29. The lowest BCUT2D eigenvalue weighted by atomic mass is 10.1. The molecule has 6 heteroatoms. The van der Waals surface area contributed by atoms with E-state index in [0.717, 1.165) is 5.56 Å². The van der Waals surface area contributed by atoms with Crippen LogP contribution in [0.4, 0.5) is 0 Å². The predicted octanol–water partition coefficient (Wildman–Crippen LogP) is 2.67. The molecule has 0 spiro atoms. The summed E-state index contributed by atoms with van der Waals surface area (Å²) in [5, 5.41) is 0.602. The topological polar surface area (TPSA) is 72.6 Å². The van der Waals surface area contributed by atoms with Crippen LogP contribution in [0.25, 0.3) is 0 Å². The number of hydrogen-bond acceptors (Lipinski definition) is 3. The molecule has 0 heterocycles. The van der Waals surface area contributed by atoms with Crippen molar-refractivity contribution in [2.75, 3.05) is 19.7 Å². The summed E-state index contributed by atoms with van der Waals surface area (Å²) in [7, 11) is 0. The van der Waals surface area contributed by atoms with Crippen LogP contribution in [0, 0.1) is 0 Å². The monoisotopic (exact) mass is 360 g/mol. The highest BCUT2D eigenvalue weighted by molar-refractivity contribution is 6.30. The van der Waals surface area contributed by atoms with E-state index in [9.17, 15) is 9.59 Å². The van der Waals surface area contributed by atoms with Crippen LogP contribution in [0.1, 0.15) is 12.0 Å². The number of benzene rings is 2. The van der Waals surface area contributed by atoms with Gasteiger partial charge in [0.2, 0.25) is 5.91 Å². The highest BCUT2D eigenvalue weighted by Gasteiger charge is 2.15. The van der Waals surface area contributed by atoms with Gasteiger partial charge in [-0.3, -0.25) is 9.59 Å². The van der Waals surface area contributed by atoms with Crippen molar-refractivity contribution < 1.29 is 14.3 Å². The Hall–Kier alpha value is -2.53. The van der Waals surface area contributed by atoms with E-state index in [0.29, 0.717) is 23.7 Å². The quantitative estimate of drug-likeness (QED) is 0.747. The highest BCUT2D eigenvalue weighted by Crippen LogP contribution is 2.15. The Morgan fingerprint density at radius 2 is 1.68 bits per heavy atom. The van der Waals surface area contributed by atoms with Crippen LogP contribution >= 0.6 is 11.6 Å². The minimum Gasteiger partial charge on any atom is -0.484 e. The summed E-state index contributed by atoms with van der Waals surface area (Å²) in [6.45, 7) is 0.681. The van der Waals surface area contributed by atoms with Gasteiger partial charge in [-0.1, -0.05) is 41.9 Å². The number of ether oxygens (including phenoxy) is 1. The van der Waals surface area contributed by atoms with Crippen molar-refractivity contribution in [2.24, 2.45) is 5.73 Å². The van der Waals surface area contributed by atoms with Crippen molar-refractivity contribution in [3.05, 3.63) is 65.2 Å². The van der Waals surface area contributed by atoms with Gasteiger partial charge in [-0.05, 0) is 36.2 Å². The van der Waals surface area contributed by atoms with Gasteiger partial charge in [0.05, 0.1) is 0 Å². The Labute approximate surface area is 152 Å². The summed E-state index contributed by atoms with van der Waals surface area (Å²) >= 11 is 5.82. The minimum absolute atomic E-state index is 0.102. The maximum Gasteiger partial charge on any atom is 0.260 e. The van der Waals surface area contributed by atoms with Gasteiger partial charge < -0.3 is 15.4 Å². The first kappa shape index (κ1) is 18.8. The number of nitrogens with zero attached hydrogens (tertiary/aromatic N) is 1. The third-order valence-corrected chi connectivity index (χ3v) is 3.92. The molecule has 0 radical (unpaired) electrons. The molecular formula is C19H21ClN2O3. The molecule has 132 valence electrons. The van der Waals surface area contributed by atoms with Crippen LogP contribution in [0.15, 0.2) is 54.6 Å². The third-order valence-electron chi connectivity index (χ3n) is 3.67. The molecular weight excluding hydrogens is 340 g/mol. The number of carbonyl (C=O) groups is 2. The van der Waals surface area contributed by atoms with Gasteiger partial charge in [0.25, 0.3) is 5.91 Å². The molecule has 2 rings (SSSR count). The second-order valence-corrected chi connectivity index (χ2v) is 6.01. The molecule has 2 N–H and O–H groups in total. The summed E-state index contributed by atoms with van der Waals surface area (Å²) in [6.07, 6.45) is 0.827. The fourth-order valence-electron chi connectivity index (χ4n) is 2.28. The van der Waals surface area contributed by atoms with Gasteiger partial charge in [-0.25, -0.2) is 0 Å². The molecule has 0 unspecified atom stereocenters. The summed E-state index contributed by atoms with van der Waals surface area (Å²) in [5.41, 5.74) is 6.33. The van der Waals surface area contributed by atoms with E-state index in [1.807, 2.05) is 30.3 Å². The SMILES string of the molecule is NC(=O)CCN(CCc1ccccc1)C(=O)COc1ccc(Cl)cc1. The Bertz CT molecular complexity index is 690. The average Bonchev–Trinajstić information content (AvgIpc) is 2.61. The van der Waals surface area contributed by atoms with Crippen LogP contribution in [-0.2, 0) is 16.0 Å². The Balaban J connectivity index is 1.91. The molecule has 2 aromatic carbocycles. The molecule has 0 atom stereocenters. The fourth-order valence-corrected chi connectivity index (χ4v) is 2.41. The van der Waals surface area contributed by atoms with Gasteiger partial charge in [0, 0.05) is 24.5 Å². The van der Waals surface area contributed by atoms with E-state index in [-0.39, 0.29) is 25.5 Å². The lowest BCUT2D eigenvalue weighted by Crippen LogP contribution is -2.38. The van der Waals surface area contributed by atoms with Crippen molar-refractivity contribution in [3.8, 4) is 5.75 Å². The van der Waals surface area contributed by atoms with Crippen molar-refractivity contribution in [1.29, 1.82) is 0 Å². The van der Waals surface area contributed by atoms with Crippen LogP contribution in [0.5, 0.6) is 5.75 Å². The maximum absolute atomic E-state index is 12.4. The summed E-state index contributed by atoms with van der Waals surface area (Å²) < 4.78 is 5.50. The van der Waals surface area contributed by atoms with Gasteiger partial charge in [-0.15, -0.1) is 0 Å². The van der Waals surface area contributed by atoms with Gasteiger partial charge in [0.1, 0.15) is 5.75 Å². The van der Waals surface area contributed by atoms with E-state index in [1.54, 1.807) is 29.2 Å². The minimum atomic E-state index is -0.434. The first-order valence-corrected chi connectivity index (χ1v) is 8.41. The molecule has 0 aliphatic carbocycles. The number of rotatable bonds is 9. The van der Waals surface area contributed by atoms with Crippen LogP contribution < -0.4 is 10.5 Å². The number of halogens is 1. The normalized spacial score (nSPS) is 10.3. The van der Waals surface area contributed by atoms with Crippen LogP contribution in [0.2, 0.25) is 5.02 Å². The molecule has 0 aromatic heterocycles. The third kappa shape index (κ3) is 6.85. The Morgan fingerprint density at radius 1 is 1.00 bits per heavy atom. The summed E-state index contributed by atoms with van der Waals surface area (Å²) in [6, 6.07) is 16.6. The van der Waals surface area contributed by atoms with Crippen LogP contribution in [0.3, 0.4) is 0 Å². The van der Waals surface area contributed by atoms with E-state index in [2.05, 4.69) is 0 Å². The smallest absolute Gasteiger partial charge is 0.260 e. The second-order valence-electron chi connectivity index (χ2n) is 5.58. The summed E-state index contributed by atoms with van der Waals surface area (Å²) in [4.78, 5) is 25.1. The standard InChI is InChI=1S/C19H21ClN2O3/c20-16-6-8-17(9-7-16)25-14-19(24)22(13-11-18(21)23)12-10-15-4-2-1-3-5-15/h1-9H,10-14H2,(H2,21,23).